The second-order valence-corrected chi connectivity index (χ2v) is 8.01. The van der Waals surface area contributed by atoms with E-state index in [2.05, 4.69) is 56.6 Å². The van der Waals surface area contributed by atoms with E-state index in [1.54, 1.807) is 0 Å². The van der Waals surface area contributed by atoms with Gasteiger partial charge in [0.15, 0.2) is 0 Å². The van der Waals surface area contributed by atoms with E-state index in [9.17, 15) is 4.79 Å². The molecule has 152 valence electrons. The van der Waals surface area contributed by atoms with Gasteiger partial charge in [-0.3, -0.25) is 4.79 Å². The van der Waals surface area contributed by atoms with Gasteiger partial charge in [0.05, 0.1) is 11.2 Å². The Morgan fingerprint density at radius 2 is 1.71 bits per heavy atom. The molecule has 3 N–H and O–H groups in total. The van der Waals surface area contributed by atoms with Crippen LogP contribution in [0.2, 0.25) is 0 Å². The molecule has 0 bridgehead atoms. The third-order valence-corrected chi connectivity index (χ3v) is 6.05. The topological polar surface area (TPSA) is 61.9 Å². The number of hydrogen-bond donors (Lipinski definition) is 3. The van der Waals surface area contributed by atoms with Crippen LogP contribution < -0.4 is 10.6 Å². The number of nitrogens with one attached hydrogen (secondary N) is 3. The van der Waals surface area contributed by atoms with E-state index in [0.29, 0.717) is 12.2 Å². The van der Waals surface area contributed by atoms with Crippen LogP contribution in [0, 0.1) is 0 Å². The van der Waals surface area contributed by atoms with Crippen molar-refractivity contribution in [3.8, 4) is 11.3 Å². The van der Waals surface area contributed by atoms with Crippen molar-refractivity contribution in [1.82, 2.24) is 20.2 Å². The van der Waals surface area contributed by atoms with Crippen LogP contribution in [0.1, 0.15) is 22.2 Å². The van der Waals surface area contributed by atoms with Crippen molar-refractivity contribution in [2.75, 3.05) is 6.54 Å². The molecule has 3 heterocycles. The molecule has 31 heavy (non-hydrogen) atoms. The Morgan fingerprint density at radius 1 is 0.903 bits per heavy atom. The third kappa shape index (κ3) is 3.02. The van der Waals surface area contributed by atoms with Crippen molar-refractivity contribution in [1.29, 1.82) is 0 Å². The molecule has 1 amide bonds. The molecule has 1 atom stereocenters. The van der Waals surface area contributed by atoms with Crippen molar-refractivity contribution in [2.24, 2.45) is 0 Å². The van der Waals surface area contributed by atoms with Crippen LogP contribution in [0.25, 0.3) is 33.1 Å². The summed E-state index contributed by atoms with van der Waals surface area (Å²) < 4.78 is 2.28. The Morgan fingerprint density at radius 3 is 2.58 bits per heavy atom. The maximum atomic E-state index is 13.2. The summed E-state index contributed by atoms with van der Waals surface area (Å²) in [5.74, 6) is -0.108. The van der Waals surface area contributed by atoms with E-state index in [-0.39, 0.29) is 12.1 Å². The Labute approximate surface area is 179 Å². The zero-order valence-electron chi connectivity index (χ0n) is 16.9. The number of amides is 1. The average molecular weight is 406 g/mol. The Kier molecular flexibility index (Phi) is 4.14. The Balaban J connectivity index is 1.45. The minimum absolute atomic E-state index is 0.108. The summed E-state index contributed by atoms with van der Waals surface area (Å²) in [5, 5.41) is 8.99. The maximum Gasteiger partial charge on any atom is 0.269 e. The van der Waals surface area contributed by atoms with Crippen LogP contribution in [0.5, 0.6) is 0 Å². The molecule has 2 aromatic heterocycles. The minimum Gasteiger partial charge on any atom is -0.351 e. The summed E-state index contributed by atoms with van der Waals surface area (Å²) in [6.07, 6.45) is -0.213. The molecule has 0 saturated carbocycles. The van der Waals surface area contributed by atoms with Crippen molar-refractivity contribution in [3.05, 3.63) is 96.2 Å². The molecule has 0 spiro atoms. The Bertz CT molecular complexity index is 1380. The summed E-state index contributed by atoms with van der Waals surface area (Å²) in [6, 6.07) is 28.8. The first-order valence-electron chi connectivity index (χ1n) is 10.6. The summed E-state index contributed by atoms with van der Waals surface area (Å²) in [4.78, 5) is 16.5. The van der Waals surface area contributed by atoms with Crippen LogP contribution in [0.4, 0.5) is 0 Å². The fourth-order valence-electron chi connectivity index (χ4n) is 4.63. The SMILES string of the molecule is O=C(N[C@H]1CNCc2cccc3cc(-c4ccccc4)n1c23)c1cc2ccccc2[nH]1. The number of hydrogen-bond acceptors (Lipinski definition) is 2. The van der Waals surface area contributed by atoms with Gasteiger partial charge in [-0.05, 0) is 29.3 Å². The number of para-hydroxylation sites is 2. The molecule has 0 radical (unpaired) electrons. The smallest absolute Gasteiger partial charge is 0.269 e. The lowest BCUT2D eigenvalue weighted by atomic mass is 10.1. The number of fused-ring (bicyclic) bond motifs is 1. The fraction of sp³-hybridized carbons (Fsp3) is 0.115. The Hall–Kier alpha value is -3.83. The quantitative estimate of drug-likeness (QED) is 0.402. The maximum absolute atomic E-state index is 13.2. The first-order chi connectivity index (χ1) is 15.3. The highest BCUT2D eigenvalue weighted by Crippen LogP contribution is 2.34. The van der Waals surface area contributed by atoms with E-state index < -0.39 is 0 Å². The molecule has 0 fully saturated rings. The molecule has 1 aliphatic rings. The van der Waals surface area contributed by atoms with Crippen LogP contribution in [-0.2, 0) is 6.54 Å². The molecule has 5 heteroatoms. The molecule has 0 saturated heterocycles. The highest BCUT2D eigenvalue weighted by atomic mass is 16.2. The van der Waals surface area contributed by atoms with Gasteiger partial charge in [-0.15, -0.1) is 0 Å². The van der Waals surface area contributed by atoms with Gasteiger partial charge in [-0.25, -0.2) is 0 Å². The predicted molar refractivity (Wildman–Crippen MR) is 124 cm³/mol. The van der Waals surface area contributed by atoms with E-state index in [1.807, 2.05) is 48.5 Å². The van der Waals surface area contributed by atoms with Crippen LogP contribution >= 0.6 is 0 Å². The molecule has 3 aromatic carbocycles. The largest absolute Gasteiger partial charge is 0.351 e. The van der Waals surface area contributed by atoms with Crippen molar-refractivity contribution in [2.45, 2.75) is 12.7 Å². The number of nitrogens with zero attached hydrogens (tertiary/aromatic N) is 1. The van der Waals surface area contributed by atoms with Gasteiger partial charge in [0.25, 0.3) is 5.91 Å². The first-order valence-corrected chi connectivity index (χ1v) is 10.6. The van der Waals surface area contributed by atoms with Gasteiger partial charge in [-0.2, -0.15) is 0 Å². The molecule has 5 aromatic rings. The van der Waals surface area contributed by atoms with Gasteiger partial charge in [-0.1, -0.05) is 66.7 Å². The summed E-state index contributed by atoms with van der Waals surface area (Å²) in [6.45, 7) is 1.42. The summed E-state index contributed by atoms with van der Waals surface area (Å²) >= 11 is 0. The van der Waals surface area contributed by atoms with E-state index in [0.717, 1.165) is 28.7 Å². The standard InChI is InChI=1S/C26H22N4O/c31-26(22-13-18-9-4-5-12-21(18)28-22)29-24-16-27-15-20-11-6-10-19-14-23(30(24)25(19)20)17-7-2-1-3-8-17/h1-14,24,27-28H,15-16H2,(H,29,31)/t24-/m1/s1. The molecule has 6 rings (SSSR count). The number of aromatic nitrogens is 2. The normalized spacial score (nSPS) is 15.8. The fourth-order valence-corrected chi connectivity index (χ4v) is 4.63. The van der Waals surface area contributed by atoms with Crippen LogP contribution in [0.3, 0.4) is 0 Å². The predicted octanol–water partition coefficient (Wildman–Crippen LogP) is 4.82. The number of carbonyl (C=O) groups is 1. The lowest BCUT2D eigenvalue weighted by Crippen LogP contribution is -2.38. The number of aromatic amines is 1. The van der Waals surface area contributed by atoms with Crippen LogP contribution in [0.15, 0.2) is 84.9 Å². The molecule has 1 aliphatic heterocycles. The zero-order chi connectivity index (χ0) is 20.8. The molecular formula is C26H22N4O. The number of carbonyl (C=O) groups excluding carboxylic acids is 1. The van der Waals surface area contributed by atoms with Gasteiger partial charge >= 0.3 is 0 Å². The van der Waals surface area contributed by atoms with E-state index in [1.165, 1.54) is 16.5 Å². The monoisotopic (exact) mass is 406 g/mol. The first kappa shape index (κ1) is 18.0. The van der Waals surface area contributed by atoms with Gasteiger partial charge in [0.2, 0.25) is 0 Å². The van der Waals surface area contributed by atoms with Gasteiger partial charge < -0.3 is 20.2 Å². The molecule has 5 nitrogen and oxygen atoms in total. The van der Waals surface area contributed by atoms with Gasteiger partial charge in [0, 0.05) is 29.4 Å². The molecule has 0 unspecified atom stereocenters. The van der Waals surface area contributed by atoms with Gasteiger partial charge in [0.1, 0.15) is 11.9 Å². The van der Waals surface area contributed by atoms with Crippen molar-refractivity contribution >= 4 is 27.7 Å². The molecular weight excluding hydrogens is 384 g/mol. The summed E-state index contributed by atoms with van der Waals surface area (Å²) in [7, 11) is 0. The lowest BCUT2D eigenvalue weighted by Gasteiger charge is -2.23. The number of H-pyrrole nitrogens is 1. The second kappa shape index (κ2) is 7.15. The van der Waals surface area contributed by atoms with E-state index >= 15 is 0 Å². The van der Waals surface area contributed by atoms with Crippen LogP contribution in [-0.4, -0.2) is 22.0 Å². The second-order valence-electron chi connectivity index (χ2n) is 8.01. The number of benzene rings is 3. The highest BCUT2D eigenvalue weighted by molar-refractivity contribution is 5.98. The highest BCUT2D eigenvalue weighted by Gasteiger charge is 2.25. The average Bonchev–Trinajstić information content (AvgIpc) is 3.36. The molecule has 0 aliphatic carbocycles. The summed E-state index contributed by atoms with van der Waals surface area (Å²) in [5.41, 5.74) is 6.19. The number of rotatable bonds is 3. The van der Waals surface area contributed by atoms with Crippen molar-refractivity contribution < 1.29 is 4.79 Å². The minimum atomic E-state index is -0.213. The van der Waals surface area contributed by atoms with E-state index in [4.69, 9.17) is 0 Å². The lowest BCUT2D eigenvalue weighted by molar-refractivity contribution is 0.0917. The third-order valence-electron chi connectivity index (χ3n) is 6.05. The van der Waals surface area contributed by atoms with Crippen molar-refractivity contribution in [3.63, 3.8) is 0 Å². The zero-order valence-corrected chi connectivity index (χ0v) is 16.9.